The number of carbonyl (C=O) groups is 3. The Balaban J connectivity index is 2.07. The molecule has 0 aliphatic carbocycles. The molecule has 1 fully saturated rings. The zero-order valence-electron chi connectivity index (χ0n) is 17.6. The molecular formula is C18H26ClN5O6S. The van der Waals surface area contributed by atoms with E-state index in [9.17, 15) is 22.8 Å². The standard InChI is InChI=1S/C18H26ClN5O6S/c1-18(2,3)30-17(27)22-13-10-24(31(4,28)29)8-7-12(13)21-15(25)16(26)23-14-6-5-11(19)9-20-14/h5-6,9,12-13H,7-8,10H2,1-4H3,(H,21,25)(H,22,27)(H,20,23,26)/t12-,13+/m0/s1. The van der Waals surface area contributed by atoms with Crippen molar-refractivity contribution in [3.63, 3.8) is 0 Å². The van der Waals surface area contributed by atoms with Gasteiger partial charge < -0.3 is 20.7 Å². The summed E-state index contributed by atoms with van der Waals surface area (Å²) < 4.78 is 30.3. The van der Waals surface area contributed by atoms with Crippen molar-refractivity contribution in [1.82, 2.24) is 19.9 Å². The summed E-state index contributed by atoms with van der Waals surface area (Å²) in [4.78, 5) is 40.7. The van der Waals surface area contributed by atoms with E-state index in [2.05, 4.69) is 20.9 Å². The average molecular weight is 476 g/mol. The van der Waals surface area contributed by atoms with Gasteiger partial charge in [0.05, 0.1) is 23.4 Å². The van der Waals surface area contributed by atoms with Gasteiger partial charge in [0, 0.05) is 19.3 Å². The second-order valence-electron chi connectivity index (χ2n) is 8.06. The van der Waals surface area contributed by atoms with Crippen LogP contribution in [-0.2, 0) is 24.3 Å². The molecule has 2 rings (SSSR count). The van der Waals surface area contributed by atoms with Crippen molar-refractivity contribution < 1.29 is 27.5 Å². The molecule has 1 aliphatic rings. The maximum absolute atomic E-state index is 12.4. The molecule has 0 spiro atoms. The molecule has 1 aliphatic heterocycles. The van der Waals surface area contributed by atoms with E-state index in [1.54, 1.807) is 20.8 Å². The van der Waals surface area contributed by atoms with E-state index in [0.29, 0.717) is 5.02 Å². The monoisotopic (exact) mass is 475 g/mol. The molecule has 0 unspecified atom stereocenters. The van der Waals surface area contributed by atoms with E-state index >= 15 is 0 Å². The van der Waals surface area contributed by atoms with Gasteiger partial charge in [-0.15, -0.1) is 0 Å². The van der Waals surface area contributed by atoms with Crippen molar-refractivity contribution in [2.45, 2.75) is 44.9 Å². The lowest BCUT2D eigenvalue weighted by atomic mass is 10.0. The van der Waals surface area contributed by atoms with Crippen molar-refractivity contribution in [1.29, 1.82) is 0 Å². The lowest BCUT2D eigenvalue weighted by Crippen LogP contribution is -2.62. The molecular weight excluding hydrogens is 450 g/mol. The number of hydrogen-bond donors (Lipinski definition) is 3. The quantitative estimate of drug-likeness (QED) is 0.543. The first kappa shape index (κ1) is 24.8. The predicted molar refractivity (Wildman–Crippen MR) is 114 cm³/mol. The van der Waals surface area contributed by atoms with Gasteiger partial charge in [-0.2, -0.15) is 4.31 Å². The highest BCUT2D eigenvalue weighted by molar-refractivity contribution is 7.88. The SMILES string of the molecule is CC(C)(C)OC(=O)N[C@@H]1CN(S(C)(=O)=O)CC[C@@H]1NC(=O)C(=O)Nc1ccc(Cl)cn1. The summed E-state index contributed by atoms with van der Waals surface area (Å²) in [6.07, 6.45) is 1.80. The smallest absolute Gasteiger partial charge is 0.407 e. The van der Waals surface area contributed by atoms with Gasteiger partial charge in [-0.25, -0.2) is 18.2 Å². The fourth-order valence-electron chi connectivity index (χ4n) is 2.86. The van der Waals surface area contributed by atoms with Crippen LogP contribution in [0.4, 0.5) is 10.6 Å². The van der Waals surface area contributed by atoms with E-state index in [4.69, 9.17) is 16.3 Å². The minimum Gasteiger partial charge on any atom is -0.444 e. The van der Waals surface area contributed by atoms with Gasteiger partial charge in [0.2, 0.25) is 10.0 Å². The van der Waals surface area contributed by atoms with Gasteiger partial charge in [0.15, 0.2) is 0 Å². The Morgan fingerprint density at radius 1 is 1.16 bits per heavy atom. The average Bonchev–Trinajstić information content (AvgIpc) is 2.62. The van der Waals surface area contributed by atoms with Gasteiger partial charge in [-0.3, -0.25) is 9.59 Å². The van der Waals surface area contributed by atoms with Gasteiger partial charge in [0.1, 0.15) is 11.4 Å². The third-order valence-electron chi connectivity index (χ3n) is 4.24. The Morgan fingerprint density at radius 3 is 2.39 bits per heavy atom. The molecule has 1 aromatic heterocycles. The number of rotatable bonds is 4. The largest absolute Gasteiger partial charge is 0.444 e. The minimum atomic E-state index is -3.51. The second kappa shape index (κ2) is 9.79. The summed E-state index contributed by atoms with van der Waals surface area (Å²) in [5.41, 5.74) is -0.764. The van der Waals surface area contributed by atoms with E-state index in [0.717, 1.165) is 6.26 Å². The van der Waals surface area contributed by atoms with E-state index < -0.39 is 45.6 Å². The van der Waals surface area contributed by atoms with Crippen molar-refractivity contribution >= 4 is 45.3 Å². The number of halogens is 1. The maximum Gasteiger partial charge on any atom is 0.407 e. The number of pyridine rings is 1. The van der Waals surface area contributed by atoms with Gasteiger partial charge >= 0.3 is 17.9 Å². The molecule has 11 nitrogen and oxygen atoms in total. The highest BCUT2D eigenvalue weighted by Crippen LogP contribution is 2.16. The van der Waals surface area contributed by atoms with Gasteiger partial charge in [-0.1, -0.05) is 11.6 Å². The molecule has 3 amide bonds. The van der Waals surface area contributed by atoms with Crippen LogP contribution in [0.1, 0.15) is 27.2 Å². The Morgan fingerprint density at radius 2 is 1.84 bits per heavy atom. The number of nitrogens with one attached hydrogen (secondary N) is 3. The molecule has 0 radical (unpaired) electrons. The Labute approximate surface area is 185 Å². The Kier molecular flexibility index (Phi) is 7.84. The number of ether oxygens (including phenoxy) is 1. The fraction of sp³-hybridized carbons (Fsp3) is 0.556. The van der Waals surface area contributed by atoms with Crippen LogP contribution in [-0.4, -0.2) is 72.6 Å². The van der Waals surface area contributed by atoms with Crippen LogP contribution in [0.15, 0.2) is 18.3 Å². The van der Waals surface area contributed by atoms with Crippen LogP contribution < -0.4 is 16.0 Å². The van der Waals surface area contributed by atoms with Crippen LogP contribution in [0.25, 0.3) is 0 Å². The van der Waals surface area contributed by atoms with Crippen LogP contribution >= 0.6 is 11.6 Å². The highest BCUT2D eigenvalue weighted by Gasteiger charge is 2.36. The number of nitrogens with zero attached hydrogens (tertiary/aromatic N) is 2. The molecule has 0 aromatic carbocycles. The van der Waals surface area contributed by atoms with Gasteiger partial charge in [0.25, 0.3) is 0 Å². The number of aromatic nitrogens is 1. The minimum absolute atomic E-state index is 0.0800. The van der Waals surface area contributed by atoms with Crippen molar-refractivity contribution in [3.8, 4) is 0 Å². The van der Waals surface area contributed by atoms with Crippen LogP contribution in [0.5, 0.6) is 0 Å². The number of hydrogen-bond acceptors (Lipinski definition) is 7. The van der Waals surface area contributed by atoms with Crippen molar-refractivity contribution in [2.24, 2.45) is 0 Å². The first-order valence-corrected chi connectivity index (χ1v) is 11.7. The molecule has 1 saturated heterocycles. The van der Waals surface area contributed by atoms with Crippen molar-refractivity contribution in [3.05, 3.63) is 23.4 Å². The van der Waals surface area contributed by atoms with Crippen LogP contribution in [0, 0.1) is 0 Å². The fourth-order valence-corrected chi connectivity index (χ4v) is 3.84. The molecule has 0 bridgehead atoms. The normalized spacial score (nSPS) is 19.9. The molecule has 13 heteroatoms. The third kappa shape index (κ3) is 7.96. The molecule has 0 saturated carbocycles. The molecule has 2 heterocycles. The third-order valence-corrected chi connectivity index (χ3v) is 5.73. The number of carbonyl (C=O) groups excluding carboxylic acids is 3. The number of alkyl carbamates (subject to hydrolysis) is 1. The summed E-state index contributed by atoms with van der Waals surface area (Å²) in [6, 6.07) is 1.44. The summed E-state index contributed by atoms with van der Waals surface area (Å²) in [5.74, 6) is -1.78. The molecule has 3 N–H and O–H groups in total. The zero-order chi connectivity index (χ0) is 23.4. The van der Waals surface area contributed by atoms with Crippen LogP contribution in [0.3, 0.4) is 0 Å². The second-order valence-corrected chi connectivity index (χ2v) is 10.5. The molecule has 2 atom stereocenters. The highest BCUT2D eigenvalue weighted by atomic mass is 35.5. The van der Waals surface area contributed by atoms with E-state index in [-0.39, 0.29) is 25.3 Å². The number of amides is 3. The Bertz CT molecular complexity index is 932. The molecule has 1 aromatic rings. The first-order chi connectivity index (χ1) is 14.2. The number of piperidine rings is 1. The van der Waals surface area contributed by atoms with Crippen LogP contribution in [0.2, 0.25) is 5.02 Å². The molecule has 31 heavy (non-hydrogen) atoms. The lowest BCUT2D eigenvalue weighted by Gasteiger charge is -2.38. The van der Waals surface area contributed by atoms with Gasteiger partial charge in [-0.05, 0) is 39.3 Å². The first-order valence-electron chi connectivity index (χ1n) is 9.42. The number of sulfonamides is 1. The summed E-state index contributed by atoms with van der Waals surface area (Å²) in [6.45, 7) is 5.10. The summed E-state index contributed by atoms with van der Waals surface area (Å²) >= 11 is 5.74. The Hall–Kier alpha value is -2.44. The summed E-state index contributed by atoms with van der Waals surface area (Å²) in [5, 5.41) is 7.84. The predicted octanol–water partition coefficient (Wildman–Crippen LogP) is 0.717. The maximum atomic E-state index is 12.4. The molecule has 172 valence electrons. The summed E-state index contributed by atoms with van der Waals surface area (Å²) in [7, 11) is -3.51. The zero-order valence-corrected chi connectivity index (χ0v) is 19.2. The topological polar surface area (TPSA) is 147 Å². The lowest BCUT2D eigenvalue weighted by molar-refractivity contribution is -0.136. The van der Waals surface area contributed by atoms with Crippen molar-refractivity contribution in [2.75, 3.05) is 24.7 Å². The van der Waals surface area contributed by atoms with E-state index in [1.165, 1.54) is 22.6 Å². The van der Waals surface area contributed by atoms with E-state index in [1.807, 2.05) is 0 Å². The number of anilines is 1.